The Balaban J connectivity index is 2.16. The molecule has 1 fully saturated rings. The molecule has 0 aromatic rings. The monoisotopic (exact) mass is 206 g/mol. The van der Waals surface area contributed by atoms with Crippen LogP contribution in [-0.2, 0) is 9.84 Å². The maximum atomic E-state index is 11.1. The summed E-state index contributed by atoms with van der Waals surface area (Å²) in [5, 5.41) is 0. The van der Waals surface area contributed by atoms with E-state index >= 15 is 0 Å². The molecule has 1 aliphatic heterocycles. The molecule has 0 aromatic carbocycles. The van der Waals surface area contributed by atoms with Crippen LogP contribution in [0.5, 0.6) is 0 Å². The molecule has 78 valence electrons. The lowest BCUT2D eigenvalue weighted by Crippen LogP contribution is -2.51. The normalized spacial score (nSPS) is 20.2. The van der Waals surface area contributed by atoms with E-state index in [2.05, 4.69) is 4.90 Å². The number of nitrogens with zero attached hydrogens (tertiary/aromatic N) is 1. The van der Waals surface area contributed by atoms with E-state index in [1.54, 1.807) is 6.92 Å². The van der Waals surface area contributed by atoms with Crippen molar-refractivity contribution in [2.45, 2.75) is 6.92 Å². The largest absolute Gasteiger partial charge is 0.330 e. The average molecular weight is 206 g/mol. The molecular formula is C8H18N2O2S. The van der Waals surface area contributed by atoms with E-state index in [4.69, 9.17) is 5.73 Å². The Morgan fingerprint density at radius 1 is 1.46 bits per heavy atom. The van der Waals surface area contributed by atoms with Crippen LogP contribution in [0.1, 0.15) is 6.92 Å². The minimum absolute atomic E-state index is 0.251. The molecule has 0 unspecified atom stereocenters. The Morgan fingerprint density at radius 2 is 2.08 bits per heavy atom. The Bertz CT molecular complexity index is 245. The molecule has 0 amide bonds. The standard InChI is InChI=1S/C8H18N2O2S/c1-2-13(11,12)4-3-10-6-8(5-9)7-10/h8H,2-7,9H2,1H3. The van der Waals surface area contributed by atoms with Crippen molar-refractivity contribution in [3.63, 3.8) is 0 Å². The fourth-order valence-electron chi connectivity index (χ4n) is 1.42. The maximum absolute atomic E-state index is 11.1. The van der Waals surface area contributed by atoms with Crippen molar-refractivity contribution in [2.24, 2.45) is 11.7 Å². The summed E-state index contributed by atoms with van der Waals surface area (Å²) < 4.78 is 22.3. The molecule has 0 aromatic heterocycles. The summed E-state index contributed by atoms with van der Waals surface area (Å²) >= 11 is 0. The van der Waals surface area contributed by atoms with Crippen LogP contribution in [-0.4, -0.2) is 51.0 Å². The number of hydrogen-bond donors (Lipinski definition) is 1. The molecular weight excluding hydrogens is 188 g/mol. The van der Waals surface area contributed by atoms with Gasteiger partial charge in [-0.25, -0.2) is 8.42 Å². The van der Waals surface area contributed by atoms with Gasteiger partial charge < -0.3 is 10.6 Å². The minimum Gasteiger partial charge on any atom is -0.330 e. The fourth-order valence-corrected chi connectivity index (χ4v) is 2.25. The number of sulfone groups is 1. The molecule has 0 radical (unpaired) electrons. The third-order valence-corrected chi connectivity index (χ3v) is 4.21. The number of rotatable bonds is 5. The first-order chi connectivity index (χ1) is 6.07. The molecule has 1 aliphatic rings. The summed E-state index contributed by atoms with van der Waals surface area (Å²) in [4.78, 5) is 2.14. The van der Waals surface area contributed by atoms with E-state index in [-0.39, 0.29) is 5.75 Å². The number of likely N-dealkylation sites (tertiary alicyclic amines) is 1. The van der Waals surface area contributed by atoms with Crippen LogP contribution in [0.25, 0.3) is 0 Å². The summed E-state index contributed by atoms with van der Waals surface area (Å²) in [5.74, 6) is 1.13. The summed E-state index contributed by atoms with van der Waals surface area (Å²) in [6.45, 7) is 5.02. The van der Waals surface area contributed by atoms with E-state index in [0.717, 1.165) is 19.6 Å². The first-order valence-corrected chi connectivity index (χ1v) is 6.52. The predicted octanol–water partition coefficient (Wildman–Crippen LogP) is -0.688. The highest BCUT2D eigenvalue weighted by Gasteiger charge is 2.25. The molecule has 0 aliphatic carbocycles. The van der Waals surface area contributed by atoms with Crippen molar-refractivity contribution in [1.29, 1.82) is 0 Å². The molecule has 5 heteroatoms. The van der Waals surface area contributed by atoms with Crippen LogP contribution in [0, 0.1) is 5.92 Å². The van der Waals surface area contributed by atoms with E-state index in [9.17, 15) is 8.42 Å². The van der Waals surface area contributed by atoms with Gasteiger partial charge >= 0.3 is 0 Å². The van der Waals surface area contributed by atoms with Crippen LogP contribution >= 0.6 is 0 Å². The first-order valence-electron chi connectivity index (χ1n) is 4.70. The summed E-state index contributed by atoms with van der Waals surface area (Å²) in [5.41, 5.74) is 5.46. The molecule has 1 saturated heterocycles. The molecule has 13 heavy (non-hydrogen) atoms. The van der Waals surface area contributed by atoms with Gasteiger partial charge in [-0.2, -0.15) is 0 Å². The Morgan fingerprint density at radius 3 is 2.54 bits per heavy atom. The third kappa shape index (κ3) is 3.25. The van der Waals surface area contributed by atoms with Crippen LogP contribution in [0.2, 0.25) is 0 Å². The lowest BCUT2D eigenvalue weighted by molar-refractivity contribution is 0.114. The van der Waals surface area contributed by atoms with Crippen molar-refractivity contribution in [2.75, 3.05) is 37.7 Å². The molecule has 0 spiro atoms. The Labute approximate surface area is 80.0 Å². The summed E-state index contributed by atoms with van der Waals surface area (Å²) in [7, 11) is -2.79. The van der Waals surface area contributed by atoms with Gasteiger partial charge in [-0.05, 0) is 12.5 Å². The Hall–Kier alpha value is -0.130. The second-order valence-corrected chi connectivity index (χ2v) is 6.07. The number of nitrogens with two attached hydrogens (primary N) is 1. The van der Waals surface area contributed by atoms with Crippen molar-refractivity contribution >= 4 is 9.84 Å². The van der Waals surface area contributed by atoms with E-state index in [0.29, 0.717) is 18.2 Å². The van der Waals surface area contributed by atoms with Crippen LogP contribution in [0.4, 0.5) is 0 Å². The van der Waals surface area contributed by atoms with Crippen molar-refractivity contribution in [3.8, 4) is 0 Å². The molecule has 0 atom stereocenters. The summed E-state index contributed by atoms with van der Waals surface area (Å²) in [6, 6.07) is 0. The lowest BCUT2D eigenvalue weighted by atomic mass is 10.0. The van der Waals surface area contributed by atoms with Crippen molar-refractivity contribution in [3.05, 3.63) is 0 Å². The molecule has 4 nitrogen and oxygen atoms in total. The van der Waals surface area contributed by atoms with Gasteiger partial charge in [0, 0.05) is 25.4 Å². The van der Waals surface area contributed by atoms with Crippen LogP contribution < -0.4 is 5.73 Å². The van der Waals surface area contributed by atoms with E-state index < -0.39 is 9.84 Å². The average Bonchev–Trinajstić information content (AvgIpc) is 2.02. The van der Waals surface area contributed by atoms with E-state index in [1.165, 1.54) is 0 Å². The zero-order valence-electron chi connectivity index (χ0n) is 8.07. The third-order valence-electron chi connectivity index (χ3n) is 2.52. The number of hydrogen-bond acceptors (Lipinski definition) is 4. The van der Waals surface area contributed by atoms with Gasteiger partial charge in [0.25, 0.3) is 0 Å². The van der Waals surface area contributed by atoms with Crippen molar-refractivity contribution in [1.82, 2.24) is 4.90 Å². The molecule has 1 rings (SSSR count). The van der Waals surface area contributed by atoms with Gasteiger partial charge in [0.2, 0.25) is 0 Å². The topological polar surface area (TPSA) is 63.4 Å². The second-order valence-electron chi connectivity index (χ2n) is 3.60. The highest BCUT2D eigenvalue weighted by molar-refractivity contribution is 7.91. The lowest BCUT2D eigenvalue weighted by Gasteiger charge is -2.38. The van der Waals surface area contributed by atoms with Gasteiger partial charge in [0.05, 0.1) is 5.75 Å². The first kappa shape index (κ1) is 10.9. The molecule has 0 bridgehead atoms. The van der Waals surface area contributed by atoms with Gasteiger partial charge in [-0.3, -0.25) is 0 Å². The highest BCUT2D eigenvalue weighted by Crippen LogP contribution is 2.13. The van der Waals surface area contributed by atoms with Crippen molar-refractivity contribution < 1.29 is 8.42 Å². The molecule has 0 saturated carbocycles. The maximum Gasteiger partial charge on any atom is 0.151 e. The minimum atomic E-state index is -2.79. The van der Waals surface area contributed by atoms with Crippen LogP contribution in [0.3, 0.4) is 0 Å². The zero-order chi connectivity index (χ0) is 9.90. The predicted molar refractivity (Wildman–Crippen MR) is 53.3 cm³/mol. The molecule has 1 heterocycles. The second kappa shape index (κ2) is 4.39. The van der Waals surface area contributed by atoms with Gasteiger partial charge in [-0.1, -0.05) is 6.92 Å². The molecule has 2 N–H and O–H groups in total. The summed E-state index contributed by atoms with van der Waals surface area (Å²) in [6.07, 6.45) is 0. The van der Waals surface area contributed by atoms with Gasteiger partial charge in [0.15, 0.2) is 9.84 Å². The highest BCUT2D eigenvalue weighted by atomic mass is 32.2. The Kier molecular flexibility index (Phi) is 3.70. The SMILES string of the molecule is CCS(=O)(=O)CCN1CC(CN)C1. The van der Waals surface area contributed by atoms with Gasteiger partial charge in [-0.15, -0.1) is 0 Å². The van der Waals surface area contributed by atoms with Crippen LogP contribution in [0.15, 0.2) is 0 Å². The van der Waals surface area contributed by atoms with Gasteiger partial charge in [0.1, 0.15) is 0 Å². The zero-order valence-corrected chi connectivity index (χ0v) is 8.89. The quantitative estimate of drug-likeness (QED) is 0.647. The smallest absolute Gasteiger partial charge is 0.151 e. The fraction of sp³-hybridized carbons (Fsp3) is 1.00. The van der Waals surface area contributed by atoms with E-state index in [1.807, 2.05) is 0 Å².